The lowest BCUT2D eigenvalue weighted by molar-refractivity contribution is 0.142. The summed E-state index contributed by atoms with van der Waals surface area (Å²) in [6.45, 7) is 4.28. The number of phenols is 1. The zero-order valence-corrected chi connectivity index (χ0v) is 21.9. The minimum atomic E-state index is -0.380. The van der Waals surface area contributed by atoms with Gasteiger partial charge < -0.3 is 29.7 Å². The Morgan fingerprint density at radius 3 is 2.79 bits per heavy atom. The molecule has 6 rings (SSSR count). The maximum Gasteiger partial charge on any atom is 0.416 e. The normalized spacial score (nSPS) is 21.9. The molecular weight excluding hydrogens is 482 g/mol. The lowest BCUT2D eigenvalue weighted by Gasteiger charge is -2.29. The molecule has 1 amide bonds. The van der Waals surface area contributed by atoms with E-state index in [2.05, 4.69) is 28.3 Å². The van der Waals surface area contributed by atoms with Gasteiger partial charge in [0.05, 0.1) is 5.69 Å². The molecule has 1 aromatic heterocycles. The number of carbonyl (C=O) groups excluding carboxylic acids is 1. The highest BCUT2D eigenvalue weighted by Crippen LogP contribution is 2.40. The molecule has 3 aliphatic rings. The van der Waals surface area contributed by atoms with Crippen molar-refractivity contribution in [3.05, 3.63) is 53.2 Å². The topological polar surface area (TPSA) is 100 Å². The molecule has 38 heavy (non-hydrogen) atoms. The SMILES string of the molecule is CN1CCCC1COc1nc2c(c(OC(=O)N3CCNCC3)n1)CCC(c1cc(O)cc3ccccc13)C2. The van der Waals surface area contributed by atoms with Gasteiger partial charge in [-0.15, -0.1) is 0 Å². The predicted octanol–water partition coefficient (Wildman–Crippen LogP) is 3.48. The Bertz CT molecular complexity index is 1330. The van der Waals surface area contributed by atoms with Crippen molar-refractivity contribution >= 4 is 16.9 Å². The molecule has 9 heteroatoms. The summed E-state index contributed by atoms with van der Waals surface area (Å²) >= 11 is 0. The largest absolute Gasteiger partial charge is 0.508 e. The molecule has 0 spiro atoms. The van der Waals surface area contributed by atoms with Crippen molar-refractivity contribution in [1.82, 2.24) is 25.1 Å². The number of benzene rings is 2. The highest BCUT2D eigenvalue weighted by molar-refractivity contribution is 5.87. The van der Waals surface area contributed by atoms with Crippen molar-refractivity contribution in [3.8, 4) is 17.6 Å². The third-order valence-electron chi connectivity index (χ3n) is 8.17. The third kappa shape index (κ3) is 5.13. The van der Waals surface area contributed by atoms with Crippen LogP contribution in [0.2, 0.25) is 0 Å². The number of nitrogens with zero attached hydrogens (tertiary/aromatic N) is 4. The van der Waals surface area contributed by atoms with Gasteiger partial charge in [0.1, 0.15) is 12.4 Å². The summed E-state index contributed by atoms with van der Waals surface area (Å²) in [6.07, 6.45) is 4.04. The molecule has 2 fully saturated rings. The molecule has 3 heterocycles. The number of aromatic nitrogens is 2. The Morgan fingerprint density at radius 2 is 1.97 bits per heavy atom. The van der Waals surface area contributed by atoms with Crippen LogP contribution in [0.3, 0.4) is 0 Å². The molecule has 2 saturated heterocycles. The maximum atomic E-state index is 13.0. The number of hydrogen-bond acceptors (Lipinski definition) is 8. The van der Waals surface area contributed by atoms with Gasteiger partial charge in [-0.1, -0.05) is 24.3 Å². The number of hydrogen-bond donors (Lipinski definition) is 2. The van der Waals surface area contributed by atoms with Crippen molar-refractivity contribution in [1.29, 1.82) is 0 Å². The molecule has 2 aromatic carbocycles. The second kappa shape index (κ2) is 10.7. The Morgan fingerprint density at radius 1 is 1.13 bits per heavy atom. The Kier molecular flexibility index (Phi) is 7.04. The summed E-state index contributed by atoms with van der Waals surface area (Å²) in [5, 5.41) is 15.8. The highest BCUT2D eigenvalue weighted by atomic mass is 16.6. The molecule has 2 N–H and O–H groups in total. The third-order valence-corrected chi connectivity index (χ3v) is 8.17. The van der Waals surface area contributed by atoms with E-state index in [0.717, 1.165) is 66.5 Å². The lowest BCUT2D eigenvalue weighted by Crippen LogP contribution is -2.47. The lowest BCUT2D eigenvalue weighted by atomic mass is 9.81. The first-order chi connectivity index (χ1) is 18.5. The number of rotatable bonds is 5. The first kappa shape index (κ1) is 24.9. The van der Waals surface area contributed by atoms with Gasteiger partial charge in [-0.3, -0.25) is 0 Å². The molecule has 200 valence electrons. The summed E-state index contributed by atoms with van der Waals surface area (Å²) in [4.78, 5) is 26.4. The van der Waals surface area contributed by atoms with Gasteiger partial charge in [0, 0.05) is 37.8 Å². The van der Waals surface area contributed by atoms with Gasteiger partial charge in [0.25, 0.3) is 0 Å². The van der Waals surface area contributed by atoms with Crippen LogP contribution >= 0.6 is 0 Å². The molecule has 0 saturated carbocycles. The maximum absolute atomic E-state index is 13.0. The minimum Gasteiger partial charge on any atom is -0.508 e. The van der Waals surface area contributed by atoms with E-state index in [9.17, 15) is 9.90 Å². The monoisotopic (exact) mass is 517 g/mol. The van der Waals surface area contributed by atoms with Gasteiger partial charge in [0.15, 0.2) is 0 Å². The molecule has 2 atom stereocenters. The second-order valence-corrected chi connectivity index (χ2v) is 10.6. The summed E-state index contributed by atoms with van der Waals surface area (Å²) in [5.41, 5.74) is 2.83. The fourth-order valence-electron chi connectivity index (χ4n) is 5.99. The second-order valence-electron chi connectivity index (χ2n) is 10.6. The van der Waals surface area contributed by atoms with Gasteiger partial charge in [0.2, 0.25) is 5.88 Å². The van der Waals surface area contributed by atoms with E-state index in [1.165, 1.54) is 0 Å². The van der Waals surface area contributed by atoms with Crippen LogP contribution in [-0.2, 0) is 12.8 Å². The molecule has 0 bridgehead atoms. The Balaban J connectivity index is 1.30. The van der Waals surface area contributed by atoms with Crippen molar-refractivity contribution in [2.75, 3.05) is 46.4 Å². The van der Waals surface area contributed by atoms with E-state index in [1.807, 2.05) is 24.3 Å². The van der Waals surface area contributed by atoms with Crippen LogP contribution in [0.1, 0.15) is 42.0 Å². The summed E-state index contributed by atoms with van der Waals surface area (Å²) in [7, 11) is 2.11. The van der Waals surface area contributed by atoms with E-state index < -0.39 is 0 Å². The summed E-state index contributed by atoms with van der Waals surface area (Å²) in [5.74, 6) is 0.745. The van der Waals surface area contributed by atoms with Crippen LogP contribution in [-0.4, -0.2) is 83.4 Å². The number of piperazine rings is 1. The van der Waals surface area contributed by atoms with Crippen LogP contribution < -0.4 is 14.8 Å². The van der Waals surface area contributed by atoms with Crippen molar-refractivity contribution < 1.29 is 19.4 Å². The molecule has 2 unspecified atom stereocenters. The fraction of sp³-hybridized carbons (Fsp3) is 0.483. The molecule has 9 nitrogen and oxygen atoms in total. The van der Waals surface area contributed by atoms with E-state index in [-0.39, 0.29) is 23.8 Å². The molecule has 2 aliphatic heterocycles. The van der Waals surface area contributed by atoms with E-state index in [1.54, 1.807) is 11.0 Å². The average Bonchev–Trinajstić information content (AvgIpc) is 3.36. The van der Waals surface area contributed by atoms with Gasteiger partial charge >= 0.3 is 12.1 Å². The predicted molar refractivity (Wildman–Crippen MR) is 144 cm³/mol. The number of carbonyl (C=O) groups is 1. The van der Waals surface area contributed by atoms with E-state index in [4.69, 9.17) is 14.5 Å². The molecular formula is C29H35N5O4. The van der Waals surface area contributed by atoms with Crippen LogP contribution in [0.5, 0.6) is 17.6 Å². The van der Waals surface area contributed by atoms with Crippen LogP contribution in [0.4, 0.5) is 4.79 Å². The number of nitrogens with one attached hydrogen (secondary N) is 1. The zero-order chi connectivity index (χ0) is 26.1. The van der Waals surface area contributed by atoms with Crippen molar-refractivity contribution in [2.45, 2.75) is 44.1 Å². The van der Waals surface area contributed by atoms with Gasteiger partial charge in [-0.2, -0.15) is 9.97 Å². The molecule has 0 radical (unpaired) electrons. The van der Waals surface area contributed by atoms with Crippen molar-refractivity contribution in [2.24, 2.45) is 0 Å². The molecule has 1 aliphatic carbocycles. The number of aromatic hydroxyl groups is 1. The highest BCUT2D eigenvalue weighted by Gasteiger charge is 2.30. The Labute approximate surface area is 222 Å². The fourth-order valence-corrected chi connectivity index (χ4v) is 5.99. The number of likely N-dealkylation sites (tertiary alicyclic amines) is 1. The van der Waals surface area contributed by atoms with Gasteiger partial charge in [-0.25, -0.2) is 4.79 Å². The van der Waals surface area contributed by atoms with E-state index in [0.29, 0.717) is 44.5 Å². The van der Waals surface area contributed by atoms with Crippen LogP contribution in [0, 0.1) is 0 Å². The Hall–Kier alpha value is -3.43. The first-order valence-corrected chi connectivity index (χ1v) is 13.7. The van der Waals surface area contributed by atoms with Gasteiger partial charge in [-0.05, 0) is 80.1 Å². The number of phenolic OH excluding ortho intramolecular Hbond substituents is 1. The van der Waals surface area contributed by atoms with Crippen LogP contribution in [0.25, 0.3) is 10.8 Å². The standard InChI is InChI=1S/C29H35N5O4/c1-33-12-4-6-21(33)18-37-28-31-26-16-20(25-17-22(35)15-19-5-2-3-7-23(19)25)8-9-24(26)27(32-28)38-29(36)34-13-10-30-11-14-34/h2-3,5,7,15,17,20-21,30,35H,4,6,8-14,16,18H2,1H3. The number of fused-ring (bicyclic) bond motifs is 2. The summed E-state index contributed by atoms with van der Waals surface area (Å²) < 4.78 is 12.0. The minimum absolute atomic E-state index is 0.167. The smallest absolute Gasteiger partial charge is 0.416 e. The first-order valence-electron chi connectivity index (χ1n) is 13.7. The quantitative estimate of drug-likeness (QED) is 0.531. The van der Waals surface area contributed by atoms with E-state index >= 15 is 0 Å². The average molecular weight is 518 g/mol. The number of ether oxygens (including phenoxy) is 2. The van der Waals surface area contributed by atoms with Crippen LogP contribution in [0.15, 0.2) is 36.4 Å². The number of amides is 1. The zero-order valence-electron chi connectivity index (χ0n) is 21.9. The molecule has 3 aromatic rings. The van der Waals surface area contributed by atoms with Crippen molar-refractivity contribution in [3.63, 3.8) is 0 Å². The number of likely N-dealkylation sites (N-methyl/N-ethyl adjacent to an activating group) is 1. The summed E-state index contributed by atoms with van der Waals surface area (Å²) in [6, 6.07) is 12.4.